The number of methoxy groups -OCH3 is 2. The molecule has 0 spiro atoms. The first-order chi connectivity index (χ1) is 6.41. The van der Waals surface area contributed by atoms with Crippen molar-refractivity contribution in [2.45, 2.75) is 26.2 Å². The van der Waals surface area contributed by atoms with Crippen LogP contribution in [0.25, 0.3) is 0 Å². The topological polar surface area (TPSA) is 36.3 Å². The highest BCUT2D eigenvalue weighted by atomic mass is 16.5. The molecule has 0 fully saturated rings. The molecule has 0 N–H and O–H groups in total. The Morgan fingerprint density at radius 1 is 1.14 bits per heavy atom. The highest BCUT2D eigenvalue weighted by molar-refractivity contribution is 5.42. The first-order valence-electron chi connectivity index (χ1n) is 4.57. The van der Waals surface area contributed by atoms with Crippen LogP contribution in [0, 0.1) is 0 Å². The summed E-state index contributed by atoms with van der Waals surface area (Å²) in [4.78, 5) is 0. The summed E-state index contributed by atoms with van der Waals surface area (Å²) < 4.78 is 12.2. The van der Waals surface area contributed by atoms with Crippen molar-refractivity contribution in [2.75, 3.05) is 14.2 Å². The number of hydrogen-bond acceptors (Lipinski definition) is 3. The summed E-state index contributed by atoms with van der Waals surface area (Å²) in [6, 6.07) is 0. The lowest BCUT2D eigenvalue weighted by Crippen LogP contribution is -2.13. The van der Waals surface area contributed by atoms with Crippen LogP contribution in [-0.2, 0) is 12.5 Å². The van der Waals surface area contributed by atoms with Gasteiger partial charge in [-0.3, -0.25) is 0 Å². The van der Waals surface area contributed by atoms with Gasteiger partial charge in [0.15, 0.2) is 0 Å². The third-order valence-electron chi connectivity index (χ3n) is 2.06. The van der Waals surface area contributed by atoms with E-state index in [1.54, 1.807) is 18.9 Å². The van der Waals surface area contributed by atoms with Crippen molar-refractivity contribution >= 4 is 0 Å². The zero-order chi connectivity index (χ0) is 10.9. The van der Waals surface area contributed by atoms with E-state index >= 15 is 0 Å². The molecule has 1 rings (SSSR count). The van der Waals surface area contributed by atoms with Gasteiger partial charge in [0.2, 0.25) is 5.75 Å². The molecule has 80 valence electrons. The van der Waals surface area contributed by atoms with Crippen LogP contribution in [0.2, 0.25) is 0 Å². The molecule has 0 aliphatic carbocycles. The van der Waals surface area contributed by atoms with Crippen molar-refractivity contribution in [3.8, 4) is 11.6 Å². The molecule has 1 aromatic heterocycles. The zero-order valence-electron chi connectivity index (χ0n) is 9.71. The van der Waals surface area contributed by atoms with E-state index in [1.165, 1.54) is 0 Å². The number of aromatic nitrogens is 2. The molecule has 0 saturated heterocycles. The van der Waals surface area contributed by atoms with Gasteiger partial charge in [0.25, 0.3) is 5.88 Å². The highest BCUT2D eigenvalue weighted by Crippen LogP contribution is 2.37. The van der Waals surface area contributed by atoms with Crippen LogP contribution in [-0.4, -0.2) is 24.0 Å². The Kier molecular flexibility index (Phi) is 2.73. The standard InChI is InChI=1S/C10H18N2O2/c1-10(2,3)8-7(13-5)9(14-6)12(4)11-8/h1-6H3. The Bertz CT molecular complexity index is 324. The predicted octanol–water partition coefficient (Wildman–Crippen LogP) is 1.73. The number of nitrogens with zero attached hydrogens (tertiary/aromatic N) is 2. The summed E-state index contributed by atoms with van der Waals surface area (Å²) in [7, 11) is 5.09. The highest BCUT2D eigenvalue weighted by Gasteiger charge is 2.27. The van der Waals surface area contributed by atoms with Crippen molar-refractivity contribution in [1.82, 2.24) is 9.78 Å². The average Bonchev–Trinajstić information content (AvgIpc) is 2.40. The Morgan fingerprint density at radius 2 is 1.71 bits per heavy atom. The van der Waals surface area contributed by atoms with Gasteiger partial charge in [0.1, 0.15) is 5.69 Å². The second-order valence-electron chi connectivity index (χ2n) is 4.26. The summed E-state index contributed by atoms with van der Waals surface area (Å²) in [6.45, 7) is 6.28. The van der Waals surface area contributed by atoms with Gasteiger partial charge < -0.3 is 9.47 Å². The molecular weight excluding hydrogens is 180 g/mol. The lowest BCUT2D eigenvalue weighted by atomic mass is 9.92. The minimum atomic E-state index is -0.0418. The fourth-order valence-electron chi connectivity index (χ4n) is 1.39. The van der Waals surface area contributed by atoms with Crippen LogP contribution in [0.4, 0.5) is 0 Å². The van der Waals surface area contributed by atoms with Gasteiger partial charge in [0, 0.05) is 12.5 Å². The molecule has 0 amide bonds. The smallest absolute Gasteiger partial charge is 0.255 e. The fraction of sp³-hybridized carbons (Fsp3) is 0.700. The molecule has 4 nitrogen and oxygen atoms in total. The summed E-state index contributed by atoms with van der Waals surface area (Å²) in [6.07, 6.45) is 0. The average molecular weight is 198 g/mol. The number of hydrogen-bond donors (Lipinski definition) is 0. The lowest BCUT2D eigenvalue weighted by Gasteiger charge is -2.16. The predicted molar refractivity (Wildman–Crippen MR) is 55.0 cm³/mol. The normalized spacial score (nSPS) is 11.6. The van der Waals surface area contributed by atoms with Crippen LogP contribution in [0.1, 0.15) is 26.5 Å². The third kappa shape index (κ3) is 1.69. The first-order valence-corrected chi connectivity index (χ1v) is 4.57. The van der Waals surface area contributed by atoms with Crippen molar-refractivity contribution in [2.24, 2.45) is 7.05 Å². The molecule has 0 bridgehead atoms. The van der Waals surface area contributed by atoms with E-state index in [-0.39, 0.29) is 5.41 Å². The second kappa shape index (κ2) is 3.52. The molecule has 0 saturated carbocycles. The Balaban J connectivity index is 3.31. The zero-order valence-corrected chi connectivity index (χ0v) is 9.71. The summed E-state index contributed by atoms with van der Waals surface area (Å²) in [5, 5.41) is 4.39. The Labute approximate surface area is 84.8 Å². The summed E-state index contributed by atoms with van der Waals surface area (Å²) in [5.74, 6) is 1.39. The van der Waals surface area contributed by atoms with Crippen LogP contribution in [0.5, 0.6) is 11.6 Å². The van der Waals surface area contributed by atoms with Crippen molar-refractivity contribution in [3.05, 3.63) is 5.69 Å². The van der Waals surface area contributed by atoms with Gasteiger partial charge in [-0.1, -0.05) is 20.8 Å². The molecule has 1 aromatic rings. The molecule has 1 heterocycles. The Hall–Kier alpha value is -1.19. The van der Waals surface area contributed by atoms with Gasteiger partial charge in [-0.25, -0.2) is 4.68 Å². The number of aryl methyl sites for hydroxylation is 1. The van der Waals surface area contributed by atoms with Crippen molar-refractivity contribution in [1.29, 1.82) is 0 Å². The van der Waals surface area contributed by atoms with Gasteiger partial charge in [-0.2, -0.15) is 5.10 Å². The van der Waals surface area contributed by atoms with Gasteiger partial charge in [-0.15, -0.1) is 0 Å². The van der Waals surface area contributed by atoms with Crippen LogP contribution >= 0.6 is 0 Å². The molecule has 4 heteroatoms. The van der Waals surface area contributed by atoms with E-state index < -0.39 is 0 Å². The minimum absolute atomic E-state index is 0.0418. The van der Waals surface area contributed by atoms with Crippen LogP contribution in [0.3, 0.4) is 0 Å². The maximum absolute atomic E-state index is 5.31. The van der Waals surface area contributed by atoms with E-state index in [2.05, 4.69) is 25.9 Å². The van der Waals surface area contributed by atoms with Crippen molar-refractivity contribution < 1.29 is 9.47 Å². The van der Waals surface area contributed by atoms with Gasteiger partial charge in [-0.05, 0) is 0 Å². The molecule has 0 atom stereocenters. The number of ether oxygens (including phenoxy) is 2. The van der Waals surface area contributed by atoms with Crippen molar-refractivity contribution in [3.63, 3.8) is 0 Å². The van der Waals surface area contributed by atoms with Gasteiger partial charge >= 0.3 is 0 Å². The minimum Gasteiger partial charge on any atom is -0.490 e. The van der Waals surface area contributed by atoms with E-state index in [0.717, 1.165) is 11.4 Å². The van der Waals surface area contributed by atoms with E-state index in [4.69, 9.17) is 9.47 Å². The quantitative estimate of drug-likeness (QED) is 0.726. The molecule has 0 radical (unpaired) electrons. The number of rotatable bonds is 2. The molecule has 14 heavy (non-hydrogen) atoms. The van der Waals surface area contributed by atoms with Crippen LogP contribution in [0.15, 0.2) is 0 Å². The Morgan fingerprint density at radius 3 is 2.07 bits per heavy atom. The molecule has 0 unspecified atom stereocenters. The van der Waals surface area contributed by atoms with E-state index in [9.17, 15) is 0 Å². The first kappa shape index (κ1) is 10.9. The SMILES string of the molecule is COc1c(C(C)(C)C)nn(C)c1OC. The fourth-order valence-corrected chi connectivity index (χ4v) is 1.39. The molecule has 0 aliphatic rings. The summed E-state index contributed by atoms with van der Waals surface area (Å²) in [5.41, 5.74) is 0.874. The maximum atomic E-state index is 5.31. The van der Waals surface area contributed by atoms with E-state index in [0.29, 0.717) is 5.88 Å². The van der Waals surface area contributed by atoms with E-state index in [1.807, 2.05) is 7.05 Å². The third-order valence-corrected chi connectivity index (χ3v) is 2.06. The molecule has 0 aromatic carbocycles. The van der Waals surface area contributed by atoms with Gasteiger partial charge in [0.05, 0.1) is 14.2 Å². The monoisotopic (exact) mass is 198 g/mol. The lowest BCUT2D eigenvalue weighted by molar-refractivity contribution is 0.331. The van der Waals surface area contributed by atoms with Crippen LogP contribution < -0.4 is 9.47 Å². The second-order valence-corrected chi connectivity index (χ2v) is 4.26. The maximum Gasteiger partial charge on any atom is 0.255 e. The largest absolute Gasteiger partial charge is 0.490 e. The summed E-state index contributed by atoms with van der Waals surface area (Å²) >= 11 is 0. The molecular formula is C10H18N2O2. The molecule has 0 aliphatic heterocycles.